The molecule has 0 aliphatic heterocycles. The molecule has 15 heavy (non-hydrogen) atoms. The summed E-state index contributed by atoms with van der Waals surface area (Å²) in [5, 5.41) is 11.2. The Labute approximate surface area is 85.6 Å². The van der Waals surface area contributed by atoms with Crippen molar-refractivity contribution in [1.29, 1.82) is 0 Å². The molecule has 0 aliphatic rings. The molecule has 1 rings (SSSR count). The number of nitrogens with two attached hydrogens (primary N) is 1. The summed E-state index contributed by atoms with van der Waals surface area (Å²) < 4.78 is 0. The van der Waals surface area contributed by atoms with Gasteiger partial charge in [-0.1, -0.05) is 12.1 Å². The predicted molar refractivity (Wildman–Crippen MR) is 52.2 cm³/mol. The third-order valence-corrected chi connectivity index (χ3v) is 1.65. The van der Waals surface area contributed by atoms with E-state index in [4.69, 9.17) is 11.0 Å². The van der Waals surface area contributed by atoms with Crippen LogP contribution >= 0.6 is 0 Å². The molecular weight excluding hydrogens is 200 g/mol. The van der Waals surface area contributed by atoms with Gasteiger partial charge in [0.1, 0.15) is 6.61 Å². The first-order chi connectivity index (χ1) is 7.15. The monoisotopic (exact) mass is 210 g/mol. The molecule has 0 radical (unpaired) electrons. The van der Waals surface area contributed by atoms with Crippen molar-refractivity contribution in [3.63, 3.8) is 0 Å². The summed E-state index contributed by atoms with van der Waals surface area (Å²) in [6.45, 7) is -0.325. The smallest absolute Gasteiger partial charge is 0.337 e. The van der Waals surface area contributed by atoms with E-state index < -0.39 is 11.9 Å². The van der Waals surface area contributed by atoms with Gasteiger partial charge in [0, 0.05) is 0 Å². The van der Waals surface area contributed by atoms with E-state index >= 15 is 0 Å². The van der Waals surface area contributed by atoms with E-state index in [1.54, 1.807) is 12.1 Å². The van der Waals surface area contributed by atoms with Crippen LogP contribution in [0.1, 0.15) is 10.4 Å². The Morgan fingerprint density at radius 1 is 1.40 bits per heavy atom. The molecule has 6 heteroatoms. The normalized spacial score (nSPS) is 9.67. The maximum Gasteiger partial charge on any atom is 0.337 e. The van der Waals surface area contributed by atoms with Gasteiger partial charge in [-0.15, -0.1) is 0 Å². The molecule has 1 aromatic carbocycles. The van der Waals surface area contributed by atoms with Crippen LogP contribution in [0.15, 0.2) is 24.3 Å². The van der Waals surface area contributed by atoms with Crippen molar-refractivity contribution >= 4 is 17.6 Å². The summed E-state index contributed by atoms with van der Waals surface area (Å²) in [6, 6.07) is 6.06. The van der Waals surface area contributed by atoms with Crippen LogP contribution in [0, 0.1) is 0 Å². The fourth-order valence-corrected chi connectivity index (χ4v) is 1.04. The maximum absolute atomic E-state index is 11.1. The van der Waals surface area contributed by atoms with Gasteiger partial charge < -0.3 is 10.4 Å². The summed E-state index contributed by atoms with van der Waals surface area (Å²) >= 11 is 0. The predicted octanol–water partition coefficient (Wildman–Crippen LogP) is 0.214. The van der Waals surface area contributed by atoms with Gasteiger partial charge in [-0.05, 0) is 12.1 Å². The third kappa shape index (κ3) is 3.04. The van der Waals surface area contributed by atoms with Crippen LogP contribution in [-0.2, 0) is 9.63 Å². The number of aromatic carboxylic acids is 1. The Hall–Kier alpha value is -1.92. The first-order valence-corrected chi connectivity index (χ1v) is 4.09. The highest BCUT2D eigenvalue weighted by molar-refractivity contribution is 6.00. The number of carbonyl (C=O) groups is 2. The van der Waals surface area contributed by atoms with Crippen LogP contribution in [0.5, 0.6) is 0 Å². The molecule has 0 bridgehead atoms. The SMILES string of the molecule is NOCC(=O)Nc1ccccc1C(=O)O. The Balaban J connectivity index is 2.84. The van der Waals surface area contributed by atoms with Crippen molar-refractivity contribution in [1.82, 2.24) is 0 Å². The first-order valence-electron chi connectivity index (χ1n) is 4.09. The molecule has 1 amide bonds. The molecule has 0 aliphatic carbocycles. The number of amides is 1. The molecule has 6 nitrogen and oxygen atoms in total. The van der Waals surface area contributed by atoms with Gasteiger partial charge >= 0.3 is 5.97 Å². The lowest BCUT2D eigenvalue weighted by atomic mass is 10.2. The van der Waals surface area contributed by atoms with E-state index in [0.29, 0.717) is 0 Å². The molecule has 0 unspecified atom stereocenters. The highest BCUT2D eigenvalue weighted by atomic mass is 16.6. The average molecular weight is 210 g/mol. The Kier molecular flexibility index (Phi) is 3.78. The van der Waals surface area contributed by atoms with E-state index in [9.17, 15) is 9.59 Å². The number of hydrogen-bond acceptors (Lipinski definition) is 4. The Bertz CT molecular complexity index is 378. The number of benzene rings is 1. The largest absolute Gasteiger partial charge is 0.478 e. The number of para-hydroxylation sites is 1. The molecule has 0 fully saturated rings. The zero-order valence-corrected chi connectivity index (χ0v) is 7.77. The fourth-order valence-electron chi connectivity index (χ4n) is 1.04. The van der Waals surface area contributed by atoms with Gasteiger partial charge in [0.25, 0.3) is 5.91 Å². The van der Waals surface area contributed by atoms with Crippen LogP contribution in [-0.4, -0.2) is 23.6 Å². The van der Waals surface area contributed by atoms with E-state index in [1.165, 1.54) is 12.1 Å². The molecule has 0 aromatic heterocycles. The average Bonchev–Trinajstić information content (AvgIpc) is 2.18. The van der Waals surface area contributed by atoms with E-state index in [0.717, 1.165) is 0 Å². The van der Waals surface area contributed by atoms with E-state index in [1.807, 2.05) is 0 Å². The molecule has 1 aromatic rings. The summed E-state index contributed by atoms with van der Waals surface area (Å²) in [6.07, 6.45) is 0. The molecule has 0 atom stereocenters. The summed E-state index contributed by atoms with van der Waals surface area (Å²) in [4.78, 5) is 25.9. The van der Waals surface area contributed by atoms with Gasteiger partial charge in [-0.2, -0.15) is 0 Å². The molecule has 0 saturated heterocycles. The van der Waals surface area contributed by atoms with Crippen molar-refractivity contribution in [2.45, 2.75) is 0 Å². The number of nitrogens with one attached hydrogen (secondary N) is 1. The lowest BCUT2D eigenvalue weighted by Gasteiger charge is -2.06. The lowest BCUT2D eigenvalue weighted by Crippen LogP contribution is -2.21. The van der Waals surface area contributed by atoms with E-state index in [2.05, 4.69) is 10.2 Å². The van der Waals surface area contributed by atoms with Gasteiger partial charge in [0.15, 0.2) is 0 Å². The van der Waals surface area contributed by atoms with Gasteiger partial charge in [0.05, 0.1) is 11.3 Å². The van der Waals surface area contributed by atoms with Gasteiger partial charge in [-0.3, -0.25) is 9.63 Å². The topological polar surface area (TPSA) is 102 Å². The minimum atomic E-state index is -1.11. The quantitative estimate of drug-likeness (QED) is 0.617. The lowest BCUT2D eigenvalue weighted by molar-refractivity contribution is -0.120. The number of carboxylic acids is 1. The molecule has 4 N–H and O–H groups in total. The Morgan fingerprint density at radius 2 is 2.07 bits per heavy atom. The van der Waals surface area contributed by atoms with Crippen molar-refractivity contribution in [3.8, 4) is 0 Å². The number of hydrogen-bond donors (Lipinski definition) is 3. The molecule has 80 valence electrons. The van der Waals surface area contributed by atoms with Crippen LogP contribution in [0.2, 0.25) is 0 Å². The van der Waals surface area contributed by atoms with Gasteiger partial charge in [-0.25, -0.2) is 10.7 Å². The maximum atomic E-state index is 11.1. The number of carbonyl (C=O) groups excluding carboxylic acids is 1. The van der Waals surface area contributed by atoms with E-state index in [-0.39, 0.29) is 17.9 Å². The third-order valence-electron chi connectivity index (χ3n) is 1.65. The highest BCUT2D eigenvalue weighted by Gasteiger charge is 2.10. The second-order valence-electron chi connectivity index (χ2n) is 2.71. The van der Waals surface area contributed by atoms with Crippen molar-refractivity contribution in [2.24, 2.45) is 5.90 Å². The number of anilines is 1. The minimum Gasteiger partial charge on any atom is -0.478 e. The fraction of sp³-hybridized carbons (Fsp3) is 0.111. The van der Waals surface area contributed by atoms with Crippen molar-refractivity contribution in [3.05, 3.63) is 29.8 Å². The zero-order chi connectivity index (χ0) is 11.3. The standard InChI is InChI=1S/C9H10N2O4/c10-15-5-8(12)11-7-4-2-1-3-6(7)9(13)14/h1-4H,5,10H2,(H,11,12)(H,13,14). The van der Waals surface area contributed by atoms with Crippen LogP contribution in [0.4, 0.5) is 5.69 Å². The molecule has 0 heterocycles. The van der Waals surface area contributed by atoms with Crippen molar-refractivity contribution < 1.29 is 19.5 Å². The minimum absolute atomic E-state index is 0.0165. The molecule has 0 saturated carbocycles. The van der Waals surface area contributed by atoms with Crippen LogP contribution in [0.25, 0.3) is 0 Å². The molecular formula is C9H10N2O4. The Morgan fingerprint density at radius 3 is 2.67 bits per heavy atom. The number of rotatable bonds is 4. The second kappa shape index (κ2) is 5.08. The summed E-state index contributed by atoms with van der Waals surface area (Å²) in [5.74, 6) is 3.08. The van der Waals surface area contributed by atoms with Crippen LogP contribution in [0.3, 0.4) is 0 Å². The van der Waals surface area contributed by atoms with Crippen molar-refractivity contribution in [2.75, 3.05) is 11.9 Å². The second-order valence-corrected chi connectivity index (χ2v) is 2.71. The highest BCUT2D eigenvalue weighted by Crippen LogP contribution is 2.14. The van der Waals surface area contributed by atoms with Gasteiger partial charge in [0.2, 0.25) is 0 Å². The summed E-state index contributed by atoms with van der Waals surface area (Å²) in [7, 11) is 0. The number of carboxylic acid groups (broad SMARTS) is 1. The summed E-state index contributed by atoms with van der Waals surface area (Å²) in [5.41, 5.74) is 0.231. The van der Waals surface area contributed by atoms with Crippen LogP contribution < -0.4 is 11.2 Å². The molecule has 0 spiro atoms. The first kappa shape index (κ1) is 11.2. The zero-order valence-electron chi connectivity index (χ0n) is 7.77.